The molecule has 0 spiro atoms. The SMILES string of the molecule is O=C(N/N=C/c1ccc(O)c(O)c1)c1cc(-c2ccc(O)cc2)nc2ccccc12. The van der Waals surface area contributed by atoms with E-state index in [1.54, 1.807) is 42.5 Å². The van der Waals surface area contributed by atoms with Crippen LogP contribution in [0, 0.1) is 0 Å². The molecule has 0 saturated heterocycles. The minimum atomic E-state index is -0.423. The van der Waals surface area contributed by atoms with Crippen LogP contribution >= 0.6 is 0 Å². The summed E-state index contributed by atoms with van der Waals surface area (Å²) in [5, 5.41) is 33.0. The second-order valence-corrected chi connectivity index (χ2v) is 6.57. The molecule has 1 amide bonds. The monoisotopic (exact) mass is 399 g/mol. The lowest BCUT2D eigenvalue weighted by molar-refractivity contribution is 0.0956. The zero-order valence-electron chi connectivity index (χ0n) is 15.6. The second kappa shape index (κ2) is 7.92. The summed E-state index contributed by atoms with van der Waals surface area (Å²) in [6.45, 7) is 0. The molecule has 7 heteroatoms. The normalized spacial score (nSPS) is 11.1. The van der Waals surface area contributed by atoms with Crippen LogP contribution < -0.4 is 5.43 Å². The summed E-state index contributed by atoms with van der Waals surface area (Å²) in [6.07, 6.45) is 1.36. The lowest BCUT2D eigenvalue weighted by atomic mass is 10.0. The van der Waals surface area contributed by atoms with E-state index in [-0.39, 0.29) is 17.2 Å². The van der Waals surface area contributed by atoms with E-state index in [1.165, 1.54) is 18.3 Å². The highest BCUT2D eigenvalue weighted by atomic mass is 16.3. The molecule has 0 bridgehead atoms. The van der Waals surface area contributed by atoms with Crippen molar-refractivity contribution in [3.05, 3.63) is 83.9 Å². The zero-order chi connectivity index (χ0) is 21.1. The molecule has 7 nitrogen and oxygen atoms in total. The van der Waals surface area contributed by atoms with Crippen molar-refractivity contribution < 1.29 is 20.1 Å². The Morgan fingerprint density at radius 2 is 1.67 bits per heavy atom. The number of aromatic hydroxyl groups is 3. The maximum Gasteiger partial charge on any atom is 0.272 e. The number of carbonyl (C=O) groups excluding carboxylic acids is 1. The van der Waals surface area contributed by atoms with Gasteiger partial charge in [0, 0.05) is 10.9 Å². The molecule has 4 rings (SSSR count). The molecule has 0 unspecified atom stereocenters. The smallest absolute Gasteiger partial charge is 0.272 e. The molecule has 0 saturated carbocycles. The van der Waals surface area contributed by atoms with E-state index in [1.807, 2.05) is 18.2 Å². The highest BCUT2D eigenvalue weighted by molar-refractivity contribution is 6.07. The van der Waals surface area contributed by atoms with Crippen molar-refractivity contribution in [2.24, 2.45) is 5.10 Å². The molecule has 3 aromatic carbocycles. The molecule has 0 aliphatic heterocycles. The molecule has 0 fully saturated rings. The number of nitrogens with zero attached hydrogens (tertiary/aromatic N) is 2. The van der Waals surface area contributed by atoms with Crippen molar-refractivity contribution in [3.8, 4) is 28.5 Å². The van der Waals surface area contributed by atoms with Gasteiger partial charge in [-0.05, 0) is 60.2 Å². The van der Waals surface area contributed by atoms with Gasteiger partial charge < -0.3 is 15.3 Å². The number of rotatable bonds is 4. The average Bonchev–Trinajstić information content (AvgIpc) is 2.76. The maximum absolute atomic E-state index is 12.8. The van der Waals surface area contributed by atoms with Crippen molar-refractivity contribution >= 4 is 23.0 Å². The second-order valence-electron chi connectivity index (χ2n) is 6.57. The molecule has 30 heavy (non-hydrogen) atoms. The number of nitrogens with one attached hydrogen (secondary N) is 1. The molecular weight excluding hydrogens is 382 g/mol. The average molecular weight is 399 g/mol. The summed E-state index contributed by atoms with van der Waals surface area (Å²) in [4.78, 5) is 17.4. The standard InChI is InChI=1S/C23H17N3O4/c27-16-8-6-15(7-9-16)20-12-18(17-3-1-2-4-19(17)25-20)23(30)26-24-13-14-5-10-21(28)22(29)11-14/h1-13,27-29H,(H,26,30)/b24-13+. The van der Waals surface area contributed by atoms with Crippen molar-refractivity contribution in [1.82, 2.24) is 10.4 Å². The van der Waals surface area contributed by atoms with Gasteiger partial charge in [0.2, 0.25) is 0 Å². The first kappa shape index (κ1) is 18.9. The van der Waals surface area contributed by atoms with Crippen LogP contribution in [0.4, 0.5) is 0 Å². The Hall–Kier alpha value is -4.39. The molecular formula is C23H17N3O4. The summed E-state index contributed by atoms with van der Waals surface area (Å²) in [7, 11) is 0. The van der Waals surface area contributed by atoms with E-state index >= 15 is 0 Å². The van der Waals surface area contributed by atoms with Crippen molar-refractivity contribution in [1.29, 1.82) is 0 Å². The fourth-order valence-electron chi connectivity index (χ4n) is 2.99. The molecule has 1 heterocycles. The van der Waals surface area contributed by atoms with Crippen LogP contribution in [0.3, 0.4) is 0 Å². The number of fused-ring (bicyclic) bond motifs is 1. The molecule has 148 valence electrons. The lowest BCUT2D eigenvalue weighted by Gasteiger charge is -2.09. The maximum atomic E-state index is 12.8. The van der Waals surface area contributed by atoms with Crippen LogP contribution in [0.25, 0.3) is 22.2 Å². The highest BCUT2D eigenvalue weighted by Crippen LogP contribution is 2.26. The van der Waals surface area contributed by atoms with E-state index in [2.05, 4.69) is 15.5 Å². The van der Waals surface area contributed by atoms with Crippen LogP contribution in [0.1, 0.15) is 15.9 Å². The van der Waals surface area contributed by atoms with Crippen molar-refractivity contribution in [2.45, 2.75) is 0 Å². The fourth-order valence-corrected chi connectivity index (χ4v) is 2.99. The quantitative estimate of drug-likeness (QED) is 0.237. The van der Waals surface area contributed by atoms with Crippen LogP contribution in [-0.4, -0.2) is 32.4 Å². The third-order valence-electron chi connectivity index (χ3n) is 4.50. The molecule has 4 aromatic rings. The minimum Gasteiger partial charge on any atom is -0.508 e. The third-order valence-corrected chi connectivity index (χ3v) is 4.50. The first-order valence-corrected chi connectivity index (χ1v) is 9.06. The number of pyridine rings is 1. The Balaban J connectivity index is 1.66. The van der Waals surface area contributed by atoms with Gasteiger partial charge >= 0.3 is 0 Å². The van der Waals surface area contributed by atoms with Crippen LogP contribution in [0.2, 0.25) is 0 Å². The predicted molar refractivity (Wildman–Crippen MR) is 114 cm³/mol. The van der Waals surface area contributed by atoms with Crippen LogP contribution in [0.15, 0.2) is 77.9 Å². The summed E-state index contributed by atoms with van der Waals surface area (Å²) < 4.78 is 0. The van der Waals surface area contributed by atoms with Gasteiger partial charge in [0.1, 0.15) is 5.75 Å². The number of hydrazone groups is 1. The van der Waals surface area contributed by atoms with E-state index in [4.69, 9.17) is 0 Å². The number of amides is 1. The largest absolute Gasteiger partial charge is 0.508 e. The van der Waals surface area contributed by atoms with Crippen LogP contribution in [0.5, 0.6) is 17.2 Å². The molecule has 1 aromatic heterocycles. The van der Waals surface area contributed by atoms with E-state index in [0.717, 1.165) is 5.56 Å². The van der Waals surface area contributed by atoms with E-state index in [9.17, 15) is 20.1 Å². The first-order chi connectivity index (χ1) is 14.5. The molecule has 4 N–H and O–H groups in total. The molecule has 0 radical (unpaired) electrons. The topological polar surface area (TPSA) is 115 Å². The Morgan fingerprint density at radius 1 is 0.900 bits per heavy atom. The van der Waals surface area contributed by atoms with Crippen LogP contribution in [-0.2, 0) is 0 Å². The Labute approximate surface area is 171 Å². The highest BCUT2D eigenvalue weighted by Gasteiger charge is 2.13. The van der Waals surface area contributed by atoms with Gasteiger partial charge in [0.05, 0.1) is 23.0 Å². The molecule has 0 atom stereocenters. The van der Waals surface area contributed by atoms with Crippen molar-refractivity contribution in [3.63, 3.8) is 0 Å². The van der Waals surface area contributed by atoms with Gasteiger partial charge in [-0.1, -0.05) is 18.2 Å². The van der Waals surface area contributed by atoms with Gasteiger partial charge in [-0.2, -0.15) is 5.10 Å². The fraction of sp³-hybridized carbons (Fsp3) is 0. The van der Waals surface area contributed by atoms with Gasteiger partial charge in [-0.25, -0.2) is 10.4 Å². The minimum absolute atomic E-state index is 0.145. The van der Waals surface area contributed by atoms with E-state index < -0.39 is 5.91 Å². The summed E-state index contributed by atoms with van der Waals surface area (Å²) in [5.74, 6) is -0.787. The van der Waals surface area contributed by atoms with Gasteiger partial charge in [-0.15, -0.1) is 0 Å². The third kappa shape index (κ3) is 3.90. The number of para-hydroxylation sites is 1. The number of benzene rings is 3. The summed E-state index contributed by atoms with van der Waals surface area (Å²) in [5.41, 5.74) is 5.39. The Morgan fingerprint density at radius 3 is 2.43 bits per heavy atom. The zero-order valence-corrected chi connectivity index (χ0v) is 15.6. The van der Waals surface area contributed by atoms with Gasteiger partial charge in [-0.3, -0.25) is 4.79 Å². The Kier molecular flexibility index (Phi) is 5.00. The van der Waals surface area contributed by atoms with Crippen molar-refractivity contribution in [2.75, 3.05) is 0 Å². The number of carbonyl (C=O) groups is 1. The molecule has 0 aliphatic carbocycles. The summed E-state index contributed by atoms with van der Waals surface area (Å²) >= 11 is 0. The number of hydrogen-bond donors (Lipinski definition) is 4. The number of aromatic nitrogens is 1. The number of hydrogen-bond acceptors (Lipinski definition) is 6. The molecule has 0 aliphatic rings. The predicted octanol–water partition coefficient (Wildman–Crippen LogP) is 3.78. The number of phenolic OH excluding ortho intramolecular Hbond substituents is 3. The first-order valence-electron chi connectivity index (χ1n) is 9.06. The Bertz CT molecular complexity index is 1270. The van der Waals surface area contributed by atoms with Gasteiger partial charge in [0.25, 0.3) is 5.91 Å². The lowest BCUT2D eigenvalue weighted by Crippen LogP contribution is -2.18. The van der Waals surface area contributed by atoms with E-state index in [0.29, 0.717) is 27.7 Å². The van der Waals surface area contributed by atoms with Gasteiger partial charge in [0.15, 0.2) is 11.5 Å². The number of phenols is 3. The summed E-state index contributed by atoms with van der Waals surface area (Å²) in [6, 6.07) is 19.7.